The van der Waals surface area contributed by atoms with Gasteiger partial charge in [0.25, 0.3) is 5.91 Å². The van der Waals surface area contributed by atoms with E-state index >= 15 is 0 Å². The number of rotatable bonds is 3. The average molecular weight is 364 g/mol. The maximum atomic E-state index is 13.2. The van der Waals surface area contributed by atoms with Crippen LogP contribution in [0.2, 0.25) is 0 Å². The van der Waals surface area contributed by atoms with Gasteiger partial charge in [0, 0.05) is 44.3 Å². The van der Waals surface area contributed by atoms with E-state index in [1.165, 1.54) is 0 Å². The van der Waals surface area contributed by atoms with E-state index in [1.54, 1.807) is 11.3 Å². The van der Waals surface area contributed by atoms with Crippen LogP contribution in [0.5, 0.6) is 0 Å². The number of morpholine rings is 2. The summed E-state index contributed by atoms with van der Waals surface area (Å²) in [6.45, 7) is 9.23. The number of hydrogen-bond acceptors (Lipinski definition) is 6. The summed E-state index contributed by atoms with van der Waals surface area (Å²) in [5.41, 5.74) is 1.56. The number of amides is 1. The fraction of sp³-hybridized carbons (Fsp3) is 0.647. The van der Waals surface area contributed by atoms with Gasteiger partial charge in [-0.05, 0) is 13.8 Å². The molecule has 2 fully saturated rings. The molecule has 0 spiro atoms. The smallest absolute Gasteiger partial charge is 0.274 e. The molecular weight excluding hydrogens is 340 g/mol. The normalized spacial score (nSPS) is 25.6. The number of carbonyl (C=O) groups is 1. The molecule has 8 heteroatoms. The van der Waals surface area contributed by atoms with Crippen LogP contribution in [0, 0.1) is 0 Å². The molecule has 0 aliphatic carbocycles. The molecule has 0 radical (unpaired) electrons. The second kappa shape index (κ2) is 7.03. The van der Waals surface area contributed by atoms with Crippen molar-refractivity contribution in [3.05, 3.63) is 23.0 Å². The van der Waals surface area contributed by atoms with E-state index < -0.39 is 0 Å². The Morgan fingerprint density at radius 2 is 2.00 bits per heavy atom. The number of ether oxygens (including phenoxy) is 2. The van der Waals surface area contributed by atoms with Crippen molar-refractivity contribution in [3.8, 4) is 0 Å². The minimum atomic E-state index is 0.0150. The molecule has 2 aliphatic rings. The fourth-order valence-corrected chi connectivity index (χ4v) is 4.35. The Labute approximate surface area is 151 Å². The lowest BCUT2D eigenvalue weighted by Gasteiger charge is -2.35. The molecule has 0 unspecified atom stereocenters. The van der Waals surface area contributed by atoms with Gasteiger partial charge in [-0.15, -0.1) is 11.3 Å². The minimum absolute atomic E-state index is 0.0150. The molecule has 2 aliphatic heterocycles. The van der Waals surface area contributed by atoms with Crippen molar-refractivity contribution in [2.75, 3.05) is 39.4 Å². The highest BCUT2D eigenvalue weighted by atomic mass is 32.1. The van der Waals surface area contributed by atoms with Crippen molar-refractivity contribution in [1.82, 2.24) is 19.2 Å². The van der Waals surface area contributed by atoms with Crippen LogP contribution in [0.15, 0.2) is 11.6 Å². The van der Waals surface area contributed by atoms with Crippen LogP contribution in [0.25, 0.3) is 4.96 Å². The van der Waals surface area contributed by atoms with Crippen molar-refractivity contribution in [2.24, 2.45) is 0 Å². The van der Waals surface area contributed by atoms with Crippen molar-refractivity contribution in [1.29, 1.82) is 0 Å². The average Bonchev–Trinajstić information content (AvgIpc) is 3.17. The molecule has 2 saturated heterocycles. The zero-order valence-corrected chi connectivity index (χ0v) is 15.5. The second-order valence-electron chi connectivity index (χ2n) is 6.82. The molecule has 7 nitrogen and oxygen atoms in total. The molecule has 25 heavy (non-hydrogen) atoms. The molecule has 2 aromatic heterocycles. The van der Waals surface area contributed by atoms with Crippen molar-refractivity contribution < 1.29 is 14.3 Å². The van der Waals surface area contributed by atoms with Crippen LogP contribution in [-0.2, 0) is 16.0 Å². The molecule has 0 bridgehead atoms. The van der Waals surface area contributed by atoms with Gasteiger partial charge in [0.15, 0.2) is 10.7 Å². The van der Waals surface area contributed by atoms with Crippen LogP contribution < -0.4 is 0 Å². The maximum Gasteiger partial charge on any atom is 0.274 e. The first-order chi connectivity index (χ1) is 12.1. The quantitative estimate of drug-likeness (QED) is 0.826. The second-order valence-corrected chi connectivity index (χ2v) is 7.69. The summed E-state index contributed by atoms with van der Waals surface area (Å²) in [4.78, 5) is 22.9. The van der Waals surface area contributed by atoms with Gasteiger partial charge in [-0.3, -0.25) is 14.1 Å². The lowest BCUT2D eigenvalue weighted by Crippen LogP contribution is -2.48. The SMILES string of the molecule is C[C@@H]1CN(C(=O)c2nc3sccn3c2CN2CCOCC2)C[C@H](C)O1. The fourth-order valence-electron chi connectivity index (χ4n) is 3.62. The number of fused-ring (bicyclic) bond motifs is 1. The lowest BCUT2D eigenvalue weighted by molar-refractivity contribution is -0.0587. The minimum Gasteiger partial charge on any atom is -0.379 e. The van der Waals surface area contributed by atoms with E-state index in [4.69, 9.17) is 9.47 Å². The van der Waals surface area contributed by atoms with Crippen LogP contribution in [0.1, 0.15) is 30.0 Å². The highest BCUT2D eigenvalue weighted by Gasteiger charge is 2.31. The molecule has 2 atom stereocenters. The molecule has 0 saturated carbocycles. The first-order valence-electron chi connectivity index (χ1n) is 8.81. The van der Waals surface area contributed by atoms with Crippen molar-refractivity contribution in [3.63, 3.8) is 0 Å². The third-order valence-electron chi connectivity index (χ3n) is 4.75. The third-order valence-corrected chi connectivity index (χ3v) is 5.50. The number of aromatic nitrogens is 2. The Bertz CT molecular complexity index is 742. The summed E-state index contributed by atoms with van der Waals surface area (Å²) >= 11 is 1.56. The summed E-state index contributed by atoms with van der Waals surface area (Å²) in [5, 5.41) is 2.01. The van der Waals surface area contributed by atoms with E-state index in [0.717, 1.165) is 43.5 Å². The zero-order valence-electron chi connectivity index (χ0n) is 14.7. The molecule has 136 valence electrons. The molecule has 0 N–H and O–H groups in total. The van der Waals surface area contributed by atoms with Crippen LogP contribution >= 0.6 is 11.3 Å². The highest BCUT2D eigenvalue weighted by Crippen LogP contribution is 2.22. The monoisotopic (exact) mass is 364 g/mol. The van der Waals surface area contributed by atoms with Gasteiger partial charge in [0.2, 0.25) is 0 Å². The van der Waals surface area contributed by atoms with Gasteiger partial charge < -0.3 is 14.4 Å². The summed E-state index contributed by atoms with van der Waals surface area (Å²) in [6, 6.07) is 0. The van der Waals surface area contributed by atoms with E-state index in [0.29, 0.717) is 18.8 Å². The van der Waals surface area contributed by atoms with E-state index in [2.05, 4.69) is 14.3 Å². The van der Waals surface area contributed by atoms with Gasteiger partial charge in [-0.2, -0.15) is 0 Å². The zero-order chi connectivity index (χ0) is 17.4. The standard InChI is InChI=1S/C17H24N4O3S/c1-12-9-20(10-13(2)24-12)16(22)15-14(11-19-3-6-23-7-4-19)21-5-8-25-17(21)18-15/h5,8,12-13H,3-4,6-7,9-11H2,1-2H3/t12-,13+. The lowest BCUT2D eigenvalue weighted by atomic mass is 10.2. The Morgan fingerprint density at radius 3 is 2.72 bits per heavy atom. The first kappa shape index (κ1) is 17.0. The molecule has 0 aromatic carbocycles. The Balaban J connectivity index is 1.62. The Hall–Kier alpha value is -1.48. The number of hydrogen-bond donors (Lipinski definition) is 0. The Kier molecular flexibility index (Phi) is 4.77. The van der Waals surface area contributed by atoms with Crippen molar-refractivity contribution in [2.45, 2.75) is 32.6 Å². The van der Waals surface area contributed by atoms with Gasteiger partial charge in [0.05, 0.1) is 31.1 Å². The van der Waals surface area contributed by atoms with Gasteiger partial charge >= 0.3 is 0 Å². The van der Waals surface area contributed by atoms with Crippen LogP contribution in [0.3, 0.4) is 0 Å². The van der Waals surface area contributed by atoms with Crippen LogP contribution in [0.4, 0.5) is 0 Å². The predicted octanol–water partition coefficient (Wildman–Crippen LogP) is 1.48. The predicted molar refractivity (Wildman–Crippen MR) is 95.1 cm³/mol. The number of thiazole rings is 1. The van der Waals surface area contributed by atoms with Crippen LogP contribution in [-0.4, -0.2) is 76.7 Å². The summed E-state index contributed by atoms with van der Waals surface area (Å²) < 4.78 is 13.3. The number of carbonyl (C=O) groups excluding carboxylic acids is 1. The largest absolute Gasteiger partial charge is 0.379 e. The molecule has 4 heterocycles. The van der Waals surface area contributed by atoms with Crippen molar-refractivity contribution >= 4 is 22.2 Å². The Morgan fingerprint density at radius 1 is 1.28 bits per heavy atom. The summed E-state index contributed by atoms with van der Waals surface area (Å²) in [5.74, 6) is 0.0150. The molecule has 1 amide bonds. The van der Waals surface area contributed by atoms with E-state index in [1.807, 2.05) is 30.3 Å². The highest BCUT2D eigenvalue weighted by molar-refractivity contribution is 7.15. The summed E-state index contributed by atoms with van der Waals surface area (Å²) in [6.07, 6.45) is 2.11. The van der Waals surface area contributed by atoms with E-state index in [-0.39, 0.29) is 18.1 Å². The van der Waals surface area contributed by atoms with E-state index in [9.17, 15) is 4.79 Å². The first-order valence-corrected chi connectivity index (χ1v) is 9.69. The number of nitrogens with zero attached hydrogens (tertiary/aromatic N) is 4. The third kappa shape index (κ3) is 3.44. The van der Waals surface area contributed by atoms with Gasteiger partial charge in [-0.25, -0.2) is 4.98 Å². The molecule has 4 rings (SSSR count). The number of imidazole rings is 1. The molecular formula is C17H24N4O3S. The van der Waals surface area contributed by atoms with Gasteiger partial charge in [-0.1, -0.05) is 0 Å². The topological polar surface area (TPSA) is 59.3 Å². The van der Waals surface area contributed by atoms with Gasteiger partial charge in [0.1, 0.15) is 0 Å². The maximum absolute atomic E-state index is 13.2. The summed E-state index contributed by atoms with van der Waals surface area (Å²) in [7, 11) is 0. The molecule has 2 aromatic rings.